The number of carbonyl (C=O) groups excluding carboxylic acids is 1. The molecule has 3 aromatic carbocycles. The molecule has 31 heavy (non-hydrogen) atoms. The van der Waals surface area contributed by atoms with Gasteiger partial charge in [0.25, 0.3) is 5.91 Å². The van der Waals surface area contributed by atoms with Gasteiger partial charge in [-0.15, -0.1) is 0 Å². The minimum Gasteiger partial charge on any atom is -0.497 e. The number of carbonyl (C=O) groups is 1. The van der Waals surface area contributed by atoms with Crippen LogP contribution in [0.15, 0.2) is 60.7 Å². The first-order valence-electron chi connectivity index (χ1n) is 10.7. The fraction of sp³-hybridized carbons (Fsp3) is 0.269. The molecule has 0 saturated heterocycles. The maximum absolute atomic E-state index is 12.8. The van der Waals surface area contributed by atoms with E-state index in [1.807, 2.05) is 60.7 Å². The topological polar surface area (TPSA) is 76.4 Å². The Kier molecular flexibility index (Phi) is 6.23. The Labute approximate surface area is 183 Å². The van der Waals surface area contributed by atoms with E-state index in [1.54, 1.807) is 7.11 Å². The second kappa shape index (κ2) is 9.23. The van der Waals surface area contributed by atoms with Crippen molar-refractivity contribution in [3.05, 3.63) is 88.5 Å². The van der Waals surface area contributed by atoms with Crippen molar-refractivity contribution in [3.63, 3.8) is 0 Å². The zero-order valence-electron chi connectivity index (χ0n) is 18.1. The van der Waals surface area contributed by atoms with E-state index in [0.29, 0.717) is 30.3 Å². The van der Waals surface area contributed by atoms with Gasteiger partial charge in [-0.05, 0) is 90.4 Å². The summed E-state index contributed by atoms with van der Waals surface area (Å²) in [5.41, 5.74) is 13.0. The van der Waals surface area contributed by atoms with Gasteiger partial charge in [-0.25, -0.2) is 0 Å². The van der Waals surface area contributed by atoms with Gasteiger partial charge in [-0.1, -0.05) is 18.2 Å². The number of ether oxygens (including phenoxy) is 1. The standard InChI is InChI=1S/C26H29N3O2/c1-17-3-6-20(14-24(17)19-7-8-19)26(30)29-22-9-12-25(27)21(13-22)16-28-15-18-4-10-23(31-2)11-5-18/h3-6,9-14,19,28H,7-8,15-16,27H2,1-2H3,(H,29,30). The van der Waals surface area contributed by atoms with Crippen LogP contribution in [0.1, 0.15) is 51.4 Å². The van der Waals surface area contributed by atoms with Crippen LogP contribution >= 0.6 is 0 Å². The first kappa shape index (κ1) is 20.9. The van der Waals surface area contributed by atoms with Crippen LogP contribution in [0.25, 0.3) is 0 Å². The van der Waals surface area contributed by atoms with Gasteiger partial charge in [0, 0.05) is 30.0 Å². The summed E-state index contributed by atoms with van der Waals surface area (Å²) >= 11 is 0. The molecule has 1 aliphatic rings. The lowest BCUT2D eigenvalue weighted by molar-refractivity contribution is 0.102. The Hall–Kier alpha value is -3.31. The van der Waals surface area contributed by atoms with Gasteiger partial charge in [-0.3, -0.25) is 4.79 Å². The number of anilines is 2. The molecule has 0 unspecified atom stereocenters. The molecule has 3 aromatic rings. The highest BCUT2D eigenvalue weighted by Gasteiger charge is 2.25. The monoisotopic (exact) mass is 415 g/mol. The molecule has 0 aromatic heterocycles. The average molecular weight is 416 g/mol. The number of hydrogen-bond acceptors (Lipinski definition) is 4. The van der Waals surface area contributed by atoms with E-state index in [0.717, 1.165) is 22.6 Å². The molecule has 5 nitrogen and oxygen atoms in total. The molecule has 0 atom stereocenters. The molecule has 1 saturated carbocycles. The molecule has 4 rings (SSSR count). The molecule has 0 aliphatic heterocycles. The summed E-state index contributed by atoms with van der Waals surface area (Å²) in [5.74, 6) is 1.37. The van der Waals surface area contributed by atoms with E-state index in [4.69, 9.17) is 10.5 Å². The van der Waals surface area contributed by atoms with Gasteiger partial charge in [0.15, 0.2) is 0 Å². The number of hydrogen-bond donors (Lipinski definition) is 3. The van der Waals surface area contributed by atoms with Crippen molar-refractivity contribution in [1.29, 1.82) is 0 Å². The van der Waals surface area contributed by atoms with Crippen molar-refractivity contribution >= 4 is 17.3 Å². The Morgan fingerprint density at radius 3 is 2.52 bits per heavy atom. The predicted octanol–water partition coefficient (Wildman–Crippen LogP) is 5.01. The average Bonchev–Trinajstić information content (AvgIpc) is 3.62. The summed E-state index contributed by atoms with van der Waals surface area (Å²) in [6.45, 7) is 3.44. The normalized spacial score (nSPS) is 13.1. The van der Waals surface area contributed by atoms with Crippen LogP contribution in [0.4, 0.5) is 11.4 Å². The van der Waals surface area contributed by atoms with Crippen LogP contribution in [0.2, 0.25) is 0 Å². The molecule has 1 fully saturated rings. The molecule has 4 N–H and O–H groups in total. The van der Waals surface area contributed by atoms with E-state index < -0.39 is 0 Å². The van der Waals surface area contributed by atoms with Crippen molar-refractivity contribution in [1.82, 2.24) is 5.32 Å². The van der Waals surface area contributed by atoms with E-state index in [-0.39, 0.29) is 5.91 Å². The van der Waals surface area contributed by atoms with Crippen molar-refractivity contribution in [2.24, 2.45) is 0 Å². The molecule has 1 aliphatic carbocycles. The van der Waals surface area contributed by atoms with E-state index >= 15 is 0 Å². The van der Waals surface area contributed by atoms with Crippen molar-refractivity contribution in [2.75, 3.05) is 18.2 Å². The van der Waals surface area contributed by atoms with Crippen molar-refractivity contribution in [2.45, 2.75) is 38.8 Å². The fourth-order valence-electron chi connectivity index (χ4n) is 3.74. The van der Waals surface area contributed by atoms with Gasteiger partial charge >= 0.3 is 0 Å². The van der Waals surface area contributed by atoms with Crippen LogP contribution in [0, 0.1) is 6.92 Å². The predicted molar refractivity (Wildman–Crippen MR) is 125 cm³/mol. The second-order valence-corrected chi connectivity index (χ2v) is 8.16. The number of aryl methyl sites for hydroxylation is 1. The number of nitrogen functional groups attached to an aromatic ring is 1. The Morgan fingerprint density at radius 2 is 1.81 bits per heavy atom. The zero-order valence-corrected chi connectivity index (χ0v) is 18.1. The summed E-state index contributed by atoms with van der Waals surface area (Å²) in [6.07, 6.45) is 2.44. The molecule has 1 amide bonds. The summed E-state index contributed by atoms with van der Waals surface area (Å²) in [4.78, 5) is 12.8. The molecule has 0 spiro atoms. The molecular weight excluding hydrogens is 386 g/mol. The Balaban J connectivity index is 1.39. The van der Waals surface area contributed by atoms with E-state index in [1.165, 1.54) is 24.0 Å². The van der Waals surface area contributed by atoms with Gasteiger partial charge in [0.1, 0.15) is 5.75 Å². The first-order valence-corrected chi connectivity index (χ1v) is 10.7. The van der Waals surface area contributed by atoms with Crippen molar-refractivity contribution < 1.29 is 9.53 Å². The lowest BCUT2D eigenvalue weighted by atomic mass is 10.0. The van der Waals surface area contributed by atoms with Gasteiger partial charge in [0.05, 0.1) is 7.11 Å². The summed E-state index contributed by atoms with van der Waals surface area (Å²) in [6, 6.07) is 19.5. The molecule has 160 valence electrons. The largest absolute Gasteiger partial charge is 0.497 e. The molecule has 5 heteroatoms. The third-order valence-corrected chi connectivity index (χ3v) is 5.76. The number of nitrogens with two attached hydrogens (primary N) is 1. The van der Waals surface area contributed by atoms with Crippen molar-refractivity contribution in [3.8, 4) is 5.75 Å². The van der Waals surface area contributed by atoms with E-state index in [9.17, 15) is 4.79 Å². The number of amides is 1. The summed E-state index contributed by atoms with van der Waals surface area (Å²) in [5, 5.41) is 6.42. The number of nitrogens with one attached hydrogen (secondary N) is 2. The molecular formula is C26H29N3O2. The minimum absolute atomic E-state index is 0.0937. The number of methoxy groups -OCH3 is 1. The van der Waals surface area contributed by atoms with Crippen LogP contribution in [0.3, 0.4) is 0 Å². The molecule has 0 heterocycles. The van der Waals surface area contributed by atoms with Crippen LogP contribution in [-0.2, 0) is 13.1 Å². The summed E-state index contributed by atoms with van der Waals surface area (Å²) in [7, 11) is 1.66. The number of benzene rings is 3. The maximum Gasteiger partial charge on any atom is 0.255 e. The highest BCUT2D eigenvalue weighted by Crippen LogP contribution is 2.41. The lowest BCUT2D eigenvalue weighted by Crippen LogP contribution is -2.16. The fourth-order valence-corrected chi connectivity index (χ4v) is 3.74. The Bertz CT molecular complexity index is 1070. The van der Waals surface area contributed by atoms with Gasteiger partial charge in [-0.2, -0.15) is 0 Å². The quantitative estimate of drug-likeness (QED) is 0.452. The molecule has 0 bridgehead atoms. The maximum atomic E-state index is 12.8. The van der Waals surface area contributed by atoms with E-state index in [2.05, 4.69) is 17.6 Å². The van der Waals surface area contributed by atoms with Crippen LogP contribution in [-0.4, -0.2) is 13.0 Å². The van der Waals surface area contributed by atoms with Crippen LogP contribution in [0.5, 0.6) is 5.75 Å². The summed E-state index contributed by atoms with van der Waals surface area (Å²) < 4.78 is 5.19. The number of rotatable bonds is 8. The smallest absolute Gasteiger partial charge is 0.255 e. The zero-order chi connectivity index (χ0) is 21.8. The third kappa shape index (κ3) is 5.25. The Morgan fingerprint density at radius 1 is 1.03 bits per heavy atom. The molecule has 0 radical (unpaired) electrons. The van der Waals surface area contributed by atoms with Crippen LogP contribution < -0.4 is 21.1 Å². The second-order valence-electron chi connectivity index (χ2n) is 8.16. The van der Waals surface area contributed by atoms with Gasteiger partial charge in [0.2, 0.25) is 0 Å². The lowest BCUT2D eigenvalue weighted by Gasteiger charge is -2.12. The third-order valence-electron chi connectivity index (χ3n) is 5.76. The first-order chi connectivity index (χ1) is 15.0. The highest BCUT2D eigenvalue weighted by molar-refractivity contribution is 6.04. The van der Waals surface area contributed by atoms with Gasteiger partial charge < -0.3 is 21.1 Å². The SMILES string of the molecule is COc1ccc(CNCc2cc(NC(=O)c3ccc(C)c(C4CC4)c3)ccc2N)cc1. The highest BCUT2D eigenvalue weighted by atomic mass is 16.5. The minimum atomic E-state index is -0.0937.